The molecule has 0 aromatic rings. The lowest BCUT2D eigenvalue weighted by molar-refractivity contribution is -0.169. The van der Waals surface area contributed by atoms with Crippen LogP contribution < -0.4 is 0 Å². The average Bonchev–Trinajstić information content (AvgIpc) is 2.16. The molecule has 0 aromatic carbocycles. The standard InChI is InChI=1S/C12H20N2O3/c1-8(2)12(5,9(3)4)17-11(16)6-10(15)7-14-13/h7-9H,6H2,1-5H3. The molecule has 0 radical (unpaired) electrons. The second-order valence-corrected chi connectivity index (χ2v) is 4.85. The van der Waals surface area contributed by atoms with E-state index in [1.165, 1.54) is 0 Å². The van der Waals surface area contributed by atoms with Crippen LogP contribution in [0.3, 0.4) is 0 Å². The summed E-state index contributed by atoms with van der Waals surface area (Å²) in [5.41, 5.74) is 7.55. The Kier molecular flexibility index (Phi) is 5.75. The van der Waals surface area contributed by atoms with E-state index in [9.17, 15) is 9.59 Å². The molecule has 0 unspecified atom stereocenters. The Morgan fingerprint density at radius 3 is 2.12 bits per heavy atom. The Morgan fingerprint density at radius 1 is 1.29 bits per heavy atom. The summed E-state index contributed by atoms with van der Waals surface area (Å²) in [7, 11) is 0. The van der Waals surface area contributed by atoms with Gasteiger partial charge in [-0.2, -0.15) is 4.79 Å². The minimum Gasteiger partial charge on any atom is -0.458 e. The van der Waals surface area contributed by atoms with Crippen LogP contribution in [0.25, 0.3) is 5.53 Å². The number of carbonyl (C=O) groups excluding carboxylic acids is 2. The maximum Gasteiger partial charge on any atom is 0.323 e. The van der Waals surface area contributed by atoms with Gasteiger partial charge in [0.05, 0.1) is 0 Å². The summed E-state index contributed by atoms with van der Waals surface area (Å²) >= 11 is 0. The predicted molar refractivity (Wildman–Crippen MR) is 63.5 cm³/mol. The first kappa shape index (κ1) is 15.5. The zero-order valence-corrected chi connectivity index (χ0v) is 11.1. The van der Waals surface area contributed by atoms with Crippen LogP contribution in [0.1, 0.15) is 41.0 Å². The number of hydrogen-bond acceptors (Lipinski definition) is 3. The number of ketones is 1. The Balaban J connectivity index is 4.64. The summed E-state index contributed by atoms with van der Waals surface area (Å²) in [6, 6.07) is 0. The lowest BCUT2D eigenvalue weighted by atomic mass is 9.82. The molecule has 0 bridgehead atoms. The van der Waals surface area contributed by atoms with Crippen LogP contribution in [0.4, 0.5) is 0 Å². The van der Waals surface area contributed by atoms with Crippen molar-refractivity contribution in [1.82, 2.24) is 0 Å². The van der Waals surface area contributed by atoms with Gasteiger partial charge in [0, 0.05) is 0 Å². The molecule has 0 rings (SSSR count). The first-order valence-corrected chi connectivity index (χ1v) is 5.66. The fourth-order valence-corrected chi connectivity index (χ4v) is 1.44. The van der Waals surface area contributed by atoms with Crippen LogP contribution in [-0.2, 0) is 14.3 Å². The Bertz CT molecular complexity index is 334. The highest BCUT2D eigenvalue weighted by Gasteiger charge is 2.36. The van der Waals surface area contributed by atoms with E-state index < -0.39 is 23.8 Å². The number of carbonyl (C=O) groups is 2. The molecule has 0 saturated heterocycles. The molecule has 0 saturated carbocycles. The molecular weight excluding hydrogens is 220 g/mol. The van der Waals surface area contributed by atoms with Gasteiger partial charge >= 0.3 is 12.2 Å². The monoisotopic (exact) mass is 240 g/mol. The van der Waals surface area contributed by atoms with Crippen LogP contribution in [0.15, 0.2) is 0 Å². The molecule has 0 aliphatic rings. The normalized spacial score (nSPS) is 11.2. The fourth-order valence-electron chi connectivity index (χ4n) is 1.44. The zero-order valence-electron chi connectivity index (χ0n) is 11.1. The van der Waals surface area contributed by atoms with Crippen molar-refractivity contribution in [3.8, 4) is 0 Å². The Hall–Kier alpha value is -1.48. The third-order valence-corrected chi connectivity index (χ3v) is 3.15. The van der Waals surface area contributed by atoms with Crippen LogP contribution in [0.5, 0.6) is 0 Å². The summed E-state index contributed by atoms with van der Waals surface area (Å²) in [5.74, 6) is -0.881. The van der Waals surface area contributed by atoms with Gasteiger partial charge in [0.15, 0.2) is 0 Å². The van der Waals surface area contributed by atoms with Crippen LogP contribution >= 0.6 is 0 Å². The van der Waals surface area contributed by atoms with E-state index in [1.807, 2.05) is 34.6 Å². The van der Waals surface area contributed by atoms with Crippen LogP contribution in [0.2, 0.25) is 0 Å². The van der Waals surface area contributed by atoms with Crippen molar-refractivity contribution in [2.24, 2.45) is 11.8 Å². The van der Waals surface area contributed by atoms with Crippen LogP contribution in [-0.4, -0.2) is 28.4 Å². The third kappa shape index (κ3) is 4.49. The summed E-state index contributed by atoms with van der Waals surface area (Å²) < 4.78 is 5.37. The average molecular weight is 240 g/mol. The van der Waals surface area contributed by atoms with Crippen molar-refractivity contribution in [3.05, 3.63) is 5.53 Å². The predicted octanol–water partition coefficient (Wildman–Crippen LogP) is 1.86. The lowest BCUT2D eigenvalue weighted by Crippen LogP contribution is -2.42. The van der Waals surface area contributed by atoms with Gasteiger partial charge in [-0.25, -0.2) is 0 Å². The Morgan fingerprint density at radius 2 is 1.76 bits per heavy atom. The molecular formula is C12H20N2O3. The molecule has 0 aliphatic heterocycles. The van der Waals surface area contributed by atoms with Crippen molar-refractivity contribution in [1.29, 1.82) is 0 Å². The molecule has 17 heavy (non-hydrogen) atoms. The topological polar surface area (TPSA) is 79.8 Å². The molecule has 0 aliphatic carbocycles. The summed E-state index contributed by atoms with van der Waals surface area (Å²) in [5, 5.41) is 0. The quantitative estimate of drug-likeness (QED) is 0.234. The third-order valence-electron chi connectivity index (χ3n) is 3.15. The molecule has 0 fully saturated rings. The number of rotatable bonds is 6. The first-order valence-electron chi connectivity index (χ1n) is 5.66. The van der Waals surface area contributed by atoms with Crippen LogP contribution in [0, 0.1) is 11.8 Å². The van der Waals surface area contributed by atoms with E-state index in [0.29, 0.717) is 6.21 Å². The molecule has 0 N–H and O–H groups in total. The van der Waals surface area contributed by atoms with Crippen molar-refractivity contribution in [2.75, 3.05) is 0 Å². The highest BCUT2D eigenvalue weighted by atomic mass is 16.6. The summed E-state index contributed by atoms with van der Waals surface area (Å²) in [6.07, 6.45) is 0.294. The van der Waals surface area contributed by atoms with E-state index in [-0.39, 0.29) is 11.8 Å². The number of hydrogen-bond donors (Lipinski definition) is 0. The molecule has 0 atom stereocenters. The summed E-state index contributed by atoms with van der Waals surface area (Å²) in [4.78, 5) is 25.2. The second kappa shape index (κ2) is 6.30. The van der Waals surface area contributed by atoms with E-state index in [0.717, 1.165) is 0 Å². The first-order chi connectivity index (χ1) is 7.74. The Labute approximate surface area is 102 Å². The molecule has 0 spiro atoms. The lowest BCUT2D eigenvalue weighted by Gasteiger charge is -2.37. The number of ether oxygens (including phenoxy) is 1. The second-order valence-electron chi connectivity index (χ2n) is 4.85. The molecule has 5 nitrogen and oxygen atoms in total. The van der Waals surface area contributed by atoms with Crippen molar-refractivity contribution in [2.45, 2.75) is 46.6 Å². The van der Waals surface area contributed by atoms with E-state index in [1.54, 1.807) is 0 Å². The van der Waals surface area contributed by atoms with Gasteiger partial charge in [-0.15, -0.1) is 0 Å². The molecule has 96 valence electrons. The molecule has 0 aromatic heterocycles. The van der Waals surface area contributed by atoms with Gasteiger partial charge in [0.2, 0.25) is 5.78 Å². The van der Waals surface area contributed by atoms with E-state index in [4.69, 9.17) is 10.3 Å². The number of esters is 1. The minimum absolute atomic E-state index is 0.146. The molecule has 5 heteroatoms. The minimum atomic E-state index is -0.603. The molecule has 0 heterocycles. The number of Topliss-reactive ketones (excluding diaryl/α,β-unsaturated/α-hetero) is 1. The maximum absolute atomic E-state index is 11.6. The van der Waals surface area contributed by atoms with Gasteiger partial charge < -0.3 is 10.3 Å². The van der Waals surface area contributed by atoms with Gasteiger partial charge in [-0.3, -0.25) is 9.59 Å². The van der Waals surface area contributed by atoms with Crippen molar-refractivity contribution < 1.29 is 19.1 Å². The smallest absolute Gasteiger partial charge is 0.323 e. The van der Waals surface area contributed by atoms with E-state index in [2.05, 4.69) is 4.79 Å². The van der Waals surface area contributed by atoms with Crippen molar-refractivity contribution >= 4 is 18.0 Å². The van der Waals surface area contributed by atoms with Gasteiger partial charge in [0.25, 0.3) is 0 Å². The van der Waals surface area contributed by atoms with E-state index >= 15 is 0 Å². The largest absolute Gasteiger partial charge is 0.458 e. The molecule has 0 amide bonds. The summed E-state index contributed by atoms with van der Waals surface area (Å²) in [6.45, 7) is 9.70. The van der Waals surface area contributed by atoms with Gasteiger partial charge in [-0.1, -0.05) is 27.7 Å². The fraction of sp³-hybridized carbons (Fsp3) is 0.750. The van der Waals surface area contributed by atoms with Crippen molar-refractivity contribution in [3.63, 3.8) is 0 Å². The highest BCUT2D eigenvalue weighted by Crippen LogP contribution is 2.30. The SMILES string of the molecule is CC(C)C(C)(OC(=O)CC(=O)C=[N+]=[N-])C(C)C. The van der Waals surface area contributed by atoms with Gasteiger partial charge in [-0.05, 0) is 18.8 Å². The highest BCUT2D eigenvalue weighted by molar-refractivity contribution is 6.29. The zero-order chi connectivity index (χ0) is 13.6. The maximum atomic E-state index is 11.6. The number of nitrogens with zero attached hydrogens (tertiary/aromatic N) is 2. The van der Waals surface area contributed by atoms with Gasteiger partial charge in [0.1, 0.15) is 12.0 Å².